The lowest BCUT2D eigenvalue weighted by Gasteiger charge is -2.32. The smallest absolute Gasteiger partial charge is 0.337 e. The van der Waals surface area contributed by atoms with Crippen molar-refractivity contribution < 1.29 is 24.5 Å². The molecule has 2 heterocycles. The van der Waals surface area contributed by atoms with Gasteiger partial charge in [-0.05, 0) is 55.1 Å². The second-order valence-corrected chi connectivity index (χ2v) is 10.5. The Morgan fingerprint density at radius 3 is 2.29 bits per heavy atom. The number of aliphatic hydroxyl groups is 1. The summed E-state index contributed by atoms with van der Waals surface area (Å²) in [5, 5.41) is 21.2. The van der Waals surface area contributed by atoms with Gasteiger partial charge in [-0.1, -0.05) is 24.3 Å². The molecule has 5 rings (SSSR count). The van der Waals surface area contributed by atoms with Gasteiger partial charge in [0.1, 0.15) is 0 Å². The molecule has 218 valence electrons. The number of esters is 1. The van der Waals surface area contributed by atoms with E-state index in [2.05, 4.69) is 21.8 Å². The fourth-order valence-corrected chi connectivity index (χ4v) is 5.02. The van der Waals surface area contributed by atoms with Crippen LogP contribution >= 0.6 is 0 Å². The number of hydrogen-bond acceptors (Lipinski definition) is 8. The summed E-state index contributed by atoms with van der Waals surface area (Å²) < 4.78 is 4.89. The molecule has 0 unspecified atom stereocenters. The number of aromatic nitrogens is 1. The fraction of sp³-hybridized carbons (Fsp3) is 0.281. The van der Waals surface area contributed by atoms with Crippen molar-refractivity contribution in [3.05, 3.63) is 89.0 Å². The first kappa shape index (κ1) is 29.0. The summed E-state index contributed by atoms with van der Waals surface area (Å²) in [6.07, 6.45) is 0. The molecule has 1 amide bonds. The number of methoxy groups -OCH3 is 1. The summed E-state index contributed by atoms with van der Waals surface area (Å²) in [5.74, 6) is -0.565. The monoisotopic (exact) mass is 569 g/mol. The van der Waals surface area contributed by atoms with Gasteiger partial charge in [0, 0.05) is 55.4 Å². The number of H-pyrrole nitrogens is 1. The Balaban J connectivity index is 1.49. The molecule has 0 aliphatic carbocycles. The number of piperazine rings is 1. The normalized spacial score (nSPS) is 14.7. The van der Waals surface area contributed by atoms with Crippen molar-refractivity contribution >= 4 is 39.9 Å². The van der Waals surface area contributed by atoms with Crippen molar-refractivity contribution in [2.75, 3.05) is 58.8 Å². The molecular weight excluding hydrogens is 534 g/mol. The minimum Gasteiger partial charge on any atom is -0.494 e. The molecule has 0 radical (unpaired) electrons. The lowest BCUT2D eigenvalue weighted by Crippen LogP contribution is -2.48. The highest BCUT2D eigenvalue weighted by Crippen LogP contribution is 2.33. The molecule has 1 fully saturated rings. The number of hydrogen-bond donors (Lipinski definition) is 3. The summed E-state index contributed by atoms with van der Waals surface area (Å²) >= 11 is 0. The van der Waals surface area contributed by atoms with Gasteiger partial charge in [0.05, 0.1) is 42.8 Å². The first-order valence-corrected chi connectivity index (χ1v) is 13.8. The van der Waals surface area contributed by atoms with Crippen LogP contribution in [0.5, 0.6) is 5.88 Å². The van der Waals surface area contributed by atoms with E-state index < -0.39 is 5.97 Å². The zero-order valence-corrected chi connectivity index (χ0v) is 24.0. The van der Waals surface area contributed by atoms with Crippen LogP contribution in [0.15, 0.2) is 71.7 Å². The number of aliphatic hydroxyl groups excluding tert-OH is 1. The number of anilines is 1. The van der Waals surface area contributed by atoms with E-state index in [9.17, 15) is 19.8 Å². The maximum absolute atomic E-state index is 13.0. The molecule has 1 aromatic heterocycles. The molecule has 4 aromatic rings. The molecule has 3 aromatic carbocycles. The van der Waals surface area contributed by atoms with E-state index in [1.807, 2.05) is 36.4 Å². The number of nitrogens with one attached hydrogen (secondary N) is 1. The Bertz CT molecular complexity index is 1600. The Morgan fingerprint density at radius 1 is 0.976 bits per heavy atom. The number of benzene rings is 3. The van der Waals surface area contributed by atoms with Gasteiger partial charge in [-0.2, -0.15) is 0 Å². The topological polar surface area (TPSA) is 122 Å². The zero-order valence-electron chi connectivity index (χ0n) is 24.0. The lowest BCUT2D eigenvalue weighted by molar-refractivity contribution is -0.119. The second kappa shape index (κ2) is 12.6. The Labute approximate surface area is 244 Å². The molecule has 10 nitrogen and oxygen atoms in total. The number of aromatic hydroxyl groups is 1. The number of carbonyl (C=O) groups is 2. The average molecular weight is 570 g/mol. The maximum atomic E-state index is 13.0. The molecule has 0 bridgehead atoms. The number of aromatic amines is 1. The van der Waals surface area contributed by atoms with Gasteiger partial charge in [0.2, 0.25) is 5.91 Å². The highest BCUT2D eigenvalue weighted by molar-refractivity contribution is 6.22. The summed E-state index contributed by atoms with van der Waals surface area (Å²) in [7, 11) is 5.18. The number of likely N-dealkylation sites (N-methyl/N-ethyl adjacent to an activating group) is 2. The SMILES string of the molecule is COC(=O)c1ccc2[nH]c(O)c(C(=Nc3ccc(N(C)C(=O)CN4CCN(C)CC4)cc3)c3ccc(CO)cc3)c2c1. The predicted octanol–water partition coefficient (Wildman–Crippen LogP) is 3.53. The van der Waals surface area contributed by atoms with Crippen molar-refractivity contribution in [1.82, 2.24) is 14.8 Å². The van der Waals surface area contributed by atoms with Crippen LogP contribution in [0.25, 0.3) is 10.9 Å². The minimum absolute atomic E-state index is 0.0191. The van der Waals surface area contributed by atoms with E-state index in [-0.39, 0.29) is 18.4 Å². The Morgan fingerprint density at radius 2 is 1.64 bits per heavy atom. The van der Waals surface area contributed by atoms with Crippen LogP contribution < -0.4 is 4.90 Å². The van der Waals surface area contributed by atoms with Gasteiger partial charge in [0.15, 0.2) is 5.88 Å². The molecule has 0 spiro atoms. The number of carbonyl (C=O) groups excluding carboxylic acids is 2. The third kappa shape index (κ3) is 6.20. The van der Waals surface area contributed by atoms with Crippen LogP contribution in [0.1, 0.15) is 27.0 Å². The average Bonchev–Trinajstić information content (AvgIpc) is 3.35. The molecule has 0 saturated carbocycles. The van der Waals surface area contributed by atoms with E-state index in [4.69, 9.17) is 9.73 Å². The third-order valence-corrected chi connectivity index (χ3v) is 7.65. The molecule has 1 aliphatic rings. The number of ether oxygens (including phenoxy) is 1. The zero-order chi connectivity index (χ0) is 29.8. The minimum atomic E-state index is -0.490. The largest absolute Gasteiger partial charge is 0.494 e. The molecule has 1 aliphatic heterocycles. The van der Waals surface area contributed by atoms with Crippen molar-refractivity contribution in [1.29, 1.82) is 0 Å². The standard InChI is InChI=1S/C32H35N5O5/c1-35-14-16-37(17-15-35)19-28(39)36(2)25-11-9-24(10-12-25)33-30(22-6-4-21(20-38)5-7-22)29-26-18-23(32(41)42-3)8-13-27(26)34-31(29)40/h4-13,18,34,38,40H,14-17,19-20H2,1-3H3. The van der Waals surface area contributed by atoms with Crippen molar-refractivity contribution in [3.63, 3.8) is 0 Å². The molecule has 0 atom stereocenters. The van der Waals surface area contributed by atoms with Crippen LogP contribution in [-0.4, -0.2) is 96.5 Å². The van der Waals surface area contributed by atoms with Crippen LogP contribution in [-0.2, 0) is 16.1 Å². The number of fused-ring (bicyclic) bond motifs is 1. The summed E-state index contributed by atoms with van der Waals surface area (Å²) in [5.41, 5.74) is 4.67. The van der Waals surface area contributed by atoms with E-state index in [0.29, 0.717) is 45.5 Å². The fourth-order valence-electron chi connectivity index (χ4n) is 5.02. The quantitative estimate of drug-likeness (QED) is 0.219. The van der Waals surface area contributed by atoms with Crippen molar-refractivity contribution in [2.45, 2.75) is 6.61 Å². The first-order valence-electron chi connectivity index (χ1n) is 13.8. The van der Waals surface area contributed by atoms with Crippen molar-refractivity contribution in [3.8, 4) is 5.88 Å². The summed E-state index contributed by atoms with van der Waals surface area (Å²) in [4.78, 5) is 39.2. The van der Waals surface area contributed by atoms with Gasteiger partial charge in [-0.15, -0.1) is 0 Å². The van der Waals surface area contributed by atoms with Crippen LogP contribution in [0.3, 0.4) is 0 Å². The van der Waals surface area contributed by atoms with Gasteiger partial charge < -0.3 is 29.7 Å². The van der Waals surface area contributed by atoms with E-state index in [1.54, 1.807) is 42.3 Å². The van der Waals surface area contributed by atoms with Crippen LogP contribution in [0.4, 0.5) is 11.4 Å². The van der Waals surface area contributed by atoms with E-state index >= 15 is 0 Å². The molecule has 10 heteroatoms. The lowest BCUT2D eigenvalue weighted by atomic mass is 9.98. The van der Waals surface area contributed by atoms with E-state index in [1.165, 1.54) is 7.11 Å². The molecular formula is C32H35N5O5. The van der Waals surface area contributed by atoms with Crippen LogP contribution in [0, 0.1) is 0 Å². The number of nitrogens with zero attached hydrogens (tertiary/aromatic N) is 4. The molecule has 42 heavy (non-hydrogen) atoms. The highest BCUT2D eigenvalue weighted by atomic mass is 16.5. The molecule has 1 saturated heterocycles. The van der Waals surface area contributed by atoms with Gasteiger partial charge in [-0.3, -0.25) is 9.69 Å². The first-order chi connectivity index (χ1) is 20.3. The Hall–Kier alpha value is -4.51. The third-order valence-electron chi connectivity index (χ3n) is 7.65. The number of amides is 1. The van der Waals surface area contributed by atoms with Gasteiger partial charge >= 0.3 is 5.97 Å². The van der Waals surface area contributed by atoms with Gasteiger partial charge in [-0.25, -0.2) is 9.79 Å². The number of aliphatic imine (C=N–C) groups is 1. The highest BCUT2D eigenvalue weighted by Gasteiger charge is 2.22. The van der Waals surface area contributed by atoms with Crippen molar-refractivity contribution in [2.24, 2.45) is 4.99 Å². The summed E-state index contributed by atoms with van der Waals surface area (Å²) in [6, 6.07) is 19.6. The second-order valence-electron chi connectivity index (χ2n) is 10.5. The predicted molar refractivity (Wildman–Crippen MR) is 163 cm³/mol. The Kier molecular flexibility index (Phi) is 8.67. The summed E-state index contributed by atoms with van der Waals surface area (Å²) in [6.45, 7) is 3.90. The number of rotatable bonds is 8. The maximum Gasteiger partial charge on any atom is 0.337 e. The van der Waals surface area contributed by atoms with Crippen LogP contribution in [0.2, 0.25) is 0 Å². The van der Waals surface area contributed by atoms with Gasteiger partial charge in [0.25, 0.3) is 0 Å². The molecule has 3 N–H and O–H groups in total. The van der Waals surface area contributed by atoms with E-state index in [0.717, 1.165) is 37.4 Å².